The standard InChI is InChI=1S/C33H36Cl2F5N3O5/c1-19-26(42-8-9-43-10-12-45-13-11-43)6-5-23(33(38,39)40)30(19)31(44)47-28(15-22-24(34)16-41-17-25(22)35)21-4-7-27(48-32(36)37)29(14-21)46-18-20-2-3-20/h4-7,14,16-17,19-20,28,30,32,42H,2-3,8-13,15,18H2,1H3/t19?,28-,30?/m0/s1. The summed E-state index contributed by atoms with van der Waals surface area (Å²) in [5, 5.41) is 3.48. The maximum absolute atomic E-state index is 14.3. The Kier molecular flexibility index (Phi) is 12.1. The molecule has 262 valence electrons. The van der Waals surface area contributed by atoms with Gasteiger partial charge in [0.15, 0.2) is 11.5 Å². The predicted octanol–water partition coefficient (Wildman–Crippen LogP) is 7.17. The fraction of sp³-hybridized carbons (Fsp3) is 0.515. The molecular weight excluding hydrogens is 684 g/mol. The molecule has 1 saturated heterocycles. The lowest BCUT2D eigenvalue weighted by Crippen LogP contribution is -2.42. The molecular formula is C33H36Cl2F5N3O5. The highest BCUT2D eigenvalue weighted by atomic mass is 35.5. The van der Waals surface area contributed by atoms with Gasteiger partial charge < -0.3 is 24.3 Å². The van der Waals surface area contributed by atoms with Crippen molar-refractivity contribution in [1.29, 1.82) is 0 Å². The van der Waals surface area contributed by atoms with Crippen molar-refractivity contribution in [3.05, 3.63) is 75.2 Å². The van der Waals surface area contributed by atoms with Gasteiger partial charge in [0.2, 0.25) is 0 Å². The minimum atomic E-state index is -4.82. The molecule has 1 saturated carbocycles. The van der Waals surface area contributed by atoms with Gasteiger partial charge in [-0.3, -0.25) is 14.7 Å². The molecule has 0 amide bonds. The number of carbonyl (C=O) groups is 1. The number of hydrogen-bond donors (Lipinski definition) is 1. The van der Waals surface area contributed by atoms with Crippen LogP contribution in [0.15, 0.2) is 54.0 Å². The first-order valence-corrected chi connectivity index (χ1v) is 16.4. The smallest absolute Gasteiger partial charge is 0.413 e. The maximum Gasteiger partial charge on any atom is 0.413 e. The Balaban J connectivity index is 1.42. The van der Waals surface area contributed by atoms with Crippen LogP contribution in [0.3, 0.4) is 0 Å². The first-order chi connectivity index (χ1) is 22.9. The summed E-state index contributed by atoms with van der Waals surface area (Å²) in [6.45, 7) is 2.46. The van der Waals surface area contributed by atoms with Gasteiger partial charge in [0.25, 0.3) is 0 Å². The molecule has 2 aliphatic carbocycles. The molecule has 2 aromatic rings. The zero-order chi connectivity index (χ0) is 34.4. The topological polar surface area (TPSA) is 82.2 Å². The lowest BCUT2D eigenvalue weighted by molar-refractivity contribution is -0.159. The first kappa shape index (κ1) is 36.2. The van der Waals surface area contributed by atoms with Crippen LogP contribution in [0.4, 0.5) is 22.0 Å². The molecule has 3 atom stereocenters. The van der Waals surface area contributed by atoms with Crippen molar-refractivity contribution in [2.45, 2.75) is 45.1 Å². The van der Waals surface area contributed by atoms with Gasteiger partial charge in [-0.2, -0.15) is 22.0 Å². The number of halogens is 7. The Labute approximate surface area is 285 Å². The van der Waals surface area contributed by atoms with Crippen LogP contribution in [0.5, 0.6) is 11.5 Å². The molecule has 0 spiro atoms. The number of esters is 1. The van der Waals surface area contributed by atoms with Gasteiger partial charge in [0.1, 0.15) is 6.10 Å². The van der Waals surface area contributed by atoms with E-state index >= 15 is 0 Å². The highest BCUT2D eigenvalue weighted by Crippen LogP contribution is 2.43. The third-order valence-corrected chi connectivity index (χ3v) is 9.19. The van der Waals surface area contributed by atoms with Gasteiger partial charge in [-0.15, -0.1) is 0 Å². The monoisotopic (exact) mass is 719 g/mol. The van der Waals surface area contributed by atoms with Crippen molar-refractivity contribution in [1.82, 2.24) is 15.2 Å². The van der Waals surface area contributed by atoms with E-state index < -0.39 is 42.3 Å². The van der Waals surface area contributed by atoms with E-state index in [0.717, 1.165) is 32.0 Å². The third-order valence-electron chi connectivity index (χ3n) is 8.54. The van der Waals surface area contributed by atoms with Crippen LogP contribution in [0.1, 0.15) is 37.0 Å². The van der Waals surface area contributed by atoms with Crippen molar-refractivity contribution in [2.75, 3.05) is 46.0 Å². The Hall–Kier alpha value is -3.13. The average Bonchev–Trinajstić information content (AvgIpc) is 3.87. The van der Waals surface area contributed by atoms with Crippen LogP contribution in [0.2, 0.25) is 10.0 Å². The van der Waals surface area contributed by atoms with Crippen LogP contribution in [0.25, 0.3) is 0 Å². The van der Waals surface area contributed by atoms with Crippen molar-refractivity contribution in [3.63, 3.8) is 0 Å². The summed E-state index contributed by atoms with van der Waals surface area (Å²) in [4.78, 5) is 20.0. The molecule has 2 fully saturated rings. The van der Waals surface area contributed by atoms with E-state index in [2.05, 4.69) is 19.9 Å². The number of alkyl halides is 5. The molecule has 2 heterocycles. The zero-order valence-electron chi connectivity index (χ0n) is 26.1. The lowest BCUT2D eigenvalue weighted by Gasteiger charge is -2.33. The van der Waals surface area contributed by atoms with Crippen molar-refractivity contribution in [3.8, 4) is 11.5 Å². The second-order valence-electron chi connectivity index (χ2n) is 11.9. The van der Waals surface area contributed by atoms with E-state index in [0.29, 0.717) is 37.6 Å². The zero-order valence-corrected chi connectivity index (χ0v) is 27.6. The van der Waals surface area contributed by atoms with Crippen molar-refractivity contribution >= 4 is 29.2 Å². The Bertz CT molecular complexity index is 1480. The molecule has 0 radical (unpaired) electrons. The average molecular weight is 721 g/mol. The molecule has 1 aromatic heterocycles. The van der Waals surface area contributed by atoms with Crippen LogP contribution >= 0.6 is 23.2 Å². The number of nitrogens with one attached hydrogen (secondary N) is 1. The van der Waals surface area contributed by atoms with Crippen LogP contribution in [-0.2, 0) is 20.7 Å². The quantitative estimate of drug-likeness (QED) is 0.163. The minimum absolute atomic E-state index is 0.0238. The number of aromatic nitrogens is 1. The van der Waals surface area contributed by atoms with Crippen LogP contribution in [-0.4, -0.2) is 74.6 Å². The third kappa shape index (κ3) is 9.52. The highest BCUT2D eigenvalue weighted by molar-refractivity contribution is 6.35. The predicted molar refractivity (Wildman–Crippen MR) is 168 cm³/mol. The molecule has 1 aliphatic heterocycles. The van der Waals surface area contributed by atoms with Crippen LogP contribution in [0, 0.1) is 17.8 Å². The van der Waals surface area contributed by atoms with Crippen molar-refractivity contribution < 1.29 is 45.7 Å². The van der Waals surface area contributed by atoms with E-state index in [1.54, 1.807) is 0 Å². The summed E-state index contributed by atoms with van der Waals surface area (Å²) >= 11 is 12.8. The first-order valence-electron chi connectivity index (χ1n) is 15.6. The highest BCUT2D eigenvalue weighted by Gasteiger charge is 2.47. The number of carbonyl (C=O) groups excluding carboxylic acids is 1. The number of nitrogens with zero attached hydrogens (tertiary/aromatic N) is 2. The van der Waals surface area contributed by atoms with E-state index in [1.165, 1.54) is 43.6 Å². The molecule has 48 heavy (non-hydrogen) atoms. The number of hydrogen-bond acceptors (Lipinski definition) is 8. The summed E-state index contributed by atoms with van der Waals surface area (Å²) < 4.78 is 91.1. The molecule has 1 N–H and O–H groups in total. The molecule has 2 unspecified atom stereocenters. The van der Waals surface area contributed by atoms with E-state index in [-0.39, 0.29) is 46.1 Å². The van der Waals surface area contributed by atoms with Gasteiger partial charge in [-0.25, -0.2) is 0 Å². The largest absolute Gasteiger partial charge is 0.489 e. The number of benzene rings is 1. The fourth-order valence-corrected chi connectivity index (χ4v) is 6.19. The number of ether oxygens (including phenoxy) is 4. The maximum atomic E-state index is 14.3. The van der Waals surface area contributed by atoms with Crippen LogP contribution < -0.4 is 14.8 Å². The summed E-state index contributed by atoms with van der Waals surface area (Å²) in [7, 11) is 0. The minimum Gasteiger partial charge on any atom is -0.489 e. The number of allylic oxidation sites excluding steroid dienone is 3. The SMILES string of the molecule is CC1C(NCCN2CCOCC2)=CC=C(C(F)(F)F)C1C(=O)O[C@@H](Cc1c(Cl)cncc1Cl)c1ccc(OC(F)F)c(OCC2CC2)c1. The second-order valence-corrected chi connectivity index (χ2v) is 12.8. The lowest BCUT2D eigenvalue weighted by atomic mass is 9.80. The Morgan fingerprint density at radius 2 is 1.81 bits per heavy atom. The number of morpholine rings is 1. The molecule has 3 aliphatic rings. The number of rotatable bonds is 14. The summed E-state index contributed by atoms with van der Waals surface area (Å²) in [5.41, 5.74) is -0.0147. The molecule has 15 heteroatoms. The van der Waals surface area contributed by atoms with Gasteiger partial charge >= 0.3 is 18.8 Å². The normalized spacial score (nSPS) is 20.9. The fourth-order valence-electron chi connectivity index (χ4n) is 5.67. The summed E-state index contributed by atoms with van der Waals surface area (Å²) in [6.07, 6.45) is 0.537. The Morgan fingerprint density at radius 3 is 2.46 bits per heavy atom. The number of pyridine rings is 1. The van der Waals surface area contributed by atoms with E-state index in [4.69, 9.17) is 37.4 Å². The summed E-state index contributed by atoms with van der Waals surface area (Å²) in [5.74, 6) is -3.76. The second kappa shape index (κ2) is 16.1. The van der Waals surface area contributed by atoms with E-state index in [9.17, 15) is 26.7 Å². The molecule has 8 nitrogen and oxygen atoms in total. The van der Waals surface area contributed by atoms with Gasteiger partial charge in [-0.05, 0) is 48.1 Å². The van der Waals surface area contributed by atoms with E-state index in [1.807, 2.05) is 0 Å². The van der Waals surface area contributed by atoms with Gasteiger partial charge in [0, 0.05) is 62.2 Å². The van der Waals surface area contributed by atoms with Crippen molar-refractivity contribution in [2.24, 2.45) is 17.8 Å². The molecule has 0 bridgehead atoms. The van der Waals surface area contributed by atoms with Gasteiger partial charge in [0.05, 0.1) is 35.8 Å². The molecule has 5 rings (SSSR count). The van der Waals surface area contributed by atoms with Gasteiger partial charge in [-0.1, -0.05) is 42.3 Å². The Morgan fingerprint density at radius 1 is 1.10 bits per heavy atom. The summed E-state index contributed by atoms with van der Waals surface area (Å²) in [6, 6.07) is 4.00. The molecule has 1 aromatic carbocycles.